The minimum Gasteiger partial charge on any atom is -0.350 e. The van der Waals surface area contributed by atoms with Crippen LogP contribution in [-0.2, 0) is 4.79 Å². The maximum atomic E-state index is 12.9. The number of aliphatic imine (C=N–C) groups is 1. The van der Waals surface area contributed by atoms with Gasteiger partial charge in [-0.05, 0) is 18.2 Å². The van der Waals surface area contributed by atoms with Gasteiger partial charge in [0.15, 0.2) is 0 Å². The number of benzodiazepines with no additional fused rings is 1. The number of hydrogen-bond donors (Lipinski definition) is 2. The number of hydrogen-bond acceptors (Lipinski definition) is 3. The van der Waals surface area contributed by atoms with Crippen molar-refractivity contribution in [3.63, 3.8) is 0 Å². The second-order valence-corrected chi connectivity index (χ2v) is 6.99. The number of anilines is 1. The monoisotopic (exact) mass is 394 g/mol. The number of para-hydroxylation sites is 2. The van der Waals surface area contributed by atoms with Gasteiger partial charge in [-0.15, -0.1) is 0 Å². The molecule has 3 aromatic carbocycles. The molecule has 4 aromatic rings. The Morgan fingerprint density at radius 2 is 1.67 bits per heavy atom. The van der Waals surface area contributed by atoms with Gasteiger partial charge >= 0.3 is 0 Å². The lowest BCUT2D eigenvalue weighted by molar-refractivity contribution is -0.117. The summed E-state index contributed by atoms with van der Waals surface area (Å²) >= 11 is 0. The van der Waals surface area contributed by atoms with Gasteiger partial charge in [0.25, 0.3) is 11.8 Å². The predicted molar refractivity (Wildman–Crippen MR) is 117 cm³/mol. The van der Waals surface area contributed by atoms with Crippen LogP contribution in [0.5, 0.6) is 0 Å². The first kappa shape index (κ1) is 17.9. The summed E-state index contributed by atoms with van der Waals surface area (Å²) in [5.41, 5.74) is 7.02. The van der Waals surface area contributed by atoms with E-state index in [1.165, 1.54) is 5.01 Å². The number of aromatic amines is 1. The third-order valence-electron chi connectivity index (χ3n) is 5.06. The molecular weight excluding hydrogens is 376 g/mol. The van der Waals surface area contributed by atoms with Crippen LogP contribution in [0.4, 0.5) is 5.69 Å². The second-order valence-electron chi connectivity index (χ2n) is 6.99. The van der Waals surface area contributed by atoms with Crippen molar-refractivity contribution < 1.29 is 9.59 Å². The van der Waals surface area contributed by atoms with Gasteiger partial charge in [0, 0.05) is 22.0 Å². The molecule has 2 heterocycles. The van der Waals surface area contributed by atoms with Crippen LogP contribution in [0.15, 0.2) is 89.9 Å². The number of benzene rings is 3. The van der Waals surface area contributed by atoms with Gasteiger partial charge in [0.1, 0.15) is 12.2 Å². The number of fused-ring (bicyclic) bond motifs is 2. The molecule has 2 amide bonds. The molecule has 0 unspecified atom stereocenters. The topological polar surface area (TPSA) is 77.6 Å². The Balaban J connectivity index is 1.51. The Hall–Kier alpha value is -4.19. The normalized spacial score (nSPS) is 13.5. The molecule has 0 atom stereocenters. The molecular formula is C24H18N4O2. The van der Waals surface area contributed by atoms with Crippen LogP contribution >= 0.6 is 0 Å². The van der Waals surface area contributed by atoms with Crippen molar-refractivity contribution in [1.29, 1.82) is 0 Å². The van der Waals surface area contributed by atoms with Gasteiger partial charge in [-0.3, -0.25) is 20.0 Å². The number of amides is 2. The Kier molecular flexibility index (Phi) is 4.37. The van der Waals surface area contributed by atoms with Crippen molar-refractivity contribution in [1.82, 2.24) is 10.4 Å². The van der Waals surface area contributed by atoms with Gasteiger partial charge in [-0.2, -0.15) is 0 Å². The van der Waals surface area contributed by atoms with Gasteiger partial charge < -0.3 is 4.98 Å². The summed E-state index contributed by atoms with van der Waals surface area (Å²) in [6.45, 7) is -0.0636. The van der Waals surface area contributed by atoms with Gasteiger partial charge in [0.05, 0.1) is 11.4 Å². The van der Waals surface area contributed by atoms with E-state index in [0.717, 1.165) is 27.7 Å². The summed E-state index contributed by atoms with van der Waals surface area (Å²) in [6.07, 6.45) is 0. The SMILES string of the molecule is O=C(NN1C(=O)CN=C(c2ccccc2)c2ccccc21)c1cc2ccccc2[nH]1. The summed E-state index contributed by atoms with van der Waals surface area (Å²) in [5.74, 6) is -0.699. The van der Waals surface area contributed by atoms with Crippen LogP contribution in [0.1, 0.15) is 21.6 Å². The zero-order valence-corrected chi connectivity index (χ0v) is 16.0. The van der Waals surface area contributed by atoms with Crippen molar-refractivity contribution in [2.45, 2.75) is 0 Å². The highest BCUT2D eigenvalue weighted by Gasteiger charge is 2.27. The Morgan fingerprint density at radius 1 is 0.933 bits per heavy atom. The van der Waals surface area contributed by atoms with Crippen molar-refractivity contribution in [2.75, 3.05) is 11.6 Å². The van der Waals surface area contributed by atoms with Crippen LogP contribution in [0.3, 0.4) is 0 Å². The Morgan fingerprint density at radius 3 is 2.50 bits per heavy atom. The molecule has 1 aliphatic rings. The van der Waals surface area contributed by atoms with E-state index >= 15 is 0 Å². The van der Waals surface area contributed by atoms with Gasteiger partial charge in [0.2, 0.25) is 0 Å². The number of rotatable bonds is 3. The molecule has 0 saturated carbocycles. The molecule has 146 valence electrons. The fraction of sp³-hybridized carbons (Fsp3) is 0.0417. The summed E-state index contributed by atoms with van der Waals surface area (Å²) in [4.78, 5) is 33.5. The number of nitrogens with one attached hydrogen (secondary N) is 2. The largest absolute Gasteiger partial charge is 0.350 e. The summed E-state index contributed by atoms with van der Waals surface area (Å²) in [5, 5.41) is 2.22. The third-order valence-corrected chi connectivity index (χ3v) is 5.06. The highest BCUT2D eigenvalue weighted by Crippen LogP contribution is 2.26. The zero-order chi connectivity index (χ0) is 20.5. The number of carbonyl (C=O) groups is 2. The Bertz CT molecular complexity index is 1260. The average Bonchev–Trinajstić information content (AvgIpc) is 3.17. The molecule has 0 aliphatic carbocycles. The molecule has 0 fully saturated rings. The average molecular weight is 394 g/mol. The van der Waals surface area contributed by atoms with E-state index in [4.69, 9.17) is 0 Å². The predicted octanol–water partition coefficient (Wildman–Crippen LogP) is 3.70. The fourth-order valence-corrected chi connectivity index (χ4v) is 3.63. The Labute approximate surface area is 172 Å². The first-order chi connectivity index (χ1) is 14.7. The smallest absolute Gasteiger partial charge is 0.286 e. The minimum absolute atomic E-state index is 0.0636. The number of aromatic nitrogens is 1. The van der Waals surface area contributed by atoms with Crippen LogP contribution < -0.4 is 10.4 Å². The standard InChI is InChI=1S/C24H18N4O2/c29-22-15-25-23(16-8-2-1-3-9-16)18-11-5-7-13-21(18)28(22)27-24(30)20-14-17-10-4-6-12-19(17)26-20/h1-14,26H,15H2,(H,27,30). The van der Waals surface area contributed by atoms with E-state index in [1.807, 2.05) is 78.9 Å². The van der Waals surface area contributed by atoms with E-state index in [2.05, 4.69) is 15.4 Å². The summed E-state index contributed by atoms with van der Waals surface area (Å²) < 4.78 is 0. The second kappa shape index (κ2) is 7.33. The van der Waals surface area contributed by atoms with Gasteiger partial charge in [-0.25, -0.2) is 5.01 Å². The van der Waals surface area contributed by atoms with Crippen molar-refractivity contribution in [3.05, 3.63) is 102 Å². The van der Waals surface area contributed by atoms with E-state index in [9.17, 15) is 9.59 Å². The number of carbonyl (C=O) groups excluding carboxylic acids is 2. The molecule has 5 rings (SSSR count). The van der Waals surface area contributed by atoms with Crippen LogP contribution in [0.25, 0.3) is 10.9 Å². The van der Waals surface area contributed by atoms with Crippen molar-refractivity contribution in [3.8, 4) is 0 Å². The number of H-pyrrole nitrogens is 1. The van der Waals surface area contributed by atoms with Crippen LogP contribution in [0, 0.1) is 0 Å². The molecule has 6 nitrogen and oxygen atoms in total. The number of nitrogens with zero attached hydrogens (tertiary/aromatic N) is 2. The maximum absolute atomic E-state index is 12.9. The van der Waals surface area contributed by atoms with Crippen molar-refractivity contribution in [2.24, 2.45) is 4.99 Å². The molecule has 1 aliphatic heterocycles. The summed E-state index contributed by atoms with van der Waals surface area (Å²) in [6, 6.07) is 26.6. The molecule has 0 saturated heterocycles. The lowest BCUT2D eigenvalue weighted by Gasteiger charge is -2.23. The molecule has 0 radical (unpaired) electrons. The quantitative estimate of drug-likeness (QED) is 0.556. The molecule has 0 bridgehead atoms. The molecule has 30 heavy (non-hydrogen) atoms. The van der Waals surface area contributed by atoms with Crippen LogP contribution in [0.2, 0.25) is 0 Å². The molecule has 2 N–H and O–H groups in total. The van der Waals surface area contributed by atoms with E-state index < -0.39 is 5.91 Å². The van der Waals surface area contributed by atoms with E-state index in [-0.39, 0.29) is 12.5 Å². The highest BCUT2D eigenvalue weighted by atomic mass is 16.2. The minimum atomic E-state index is -0.391. The highest BCUT2D eigenvalue weighted by molar-refractivity contribution is 6.20. The molecule has 6 heteroatoms. The number of hydrazine groups is 1. The first-order valence-electron chi connectivity index (χ1n) is 9.62. The molecule has 0 spiro atoms. The maximum Gasteiger partial charge on any atom is 0.286 e. The summed E-state index contributed by atoms with van der Waals surface area (Å²) in [7, 11) is 0. The lowest BCUT2D eigenvalue weighted by atomic mass is 10.0. The zero-order valence-electron chi connectivity index (χ0n) is 16.0. The lowest BCUT2D eigenvalue weighted by Crippen LogP contribution is -2.47. The van der Waals surface area contributed by atoms with E-state index in [0.29, 0.717) is 11.4 Å². The van der Waals surface area contributed by atoms with Crippen LogP contribution in [-0.4, -0.2) is 29.1 Å². The molecule has 1 aromatic heterocycles. The van der Waals surface area contributed by atoms with Crippen molar-refractivity contribution >= 4 is 34.1 Å². The first-order valence-corrected chi connectivity index (χ1v) is 9.62. The third kappa shape index (κ3) is 3.14. The van der Waals surface area contributed by atoms with E-state index in [1.54, 1.807) is 6.07 Å². The van der Waals surface area contributed by atoms with Gasteiger partial charge in [-0.1, -0.05) is 66.7 Å². The fourth-order valence-electron chi connectivity index (χ4n) is 3.63.